The van der Waals surface area contributed by atoms with Crippen LogP contribution in [0.2, 0.25) is 0 Å². The Bertz CT molecular complexity index is 1630. The molecule has 0 aliphatic heterocycles. The first-order valence-electron chi connectivity index (χ1n) is 13.2. The van der Waals surface area contributed by atoms with E-state index in [2.05, 4.69) is 21.2 Å². The molecule has 0 aliphatic rings. The van der Waals surface area contributed by atoms with Crippen LogP contribution in [0.1, 0.15) is 16.7 Å². The minimum absolute atomic E-state index is 0.0206. The minimum Gasteiger partial charge on any atom is -0.357 e. The molecule has 0 radical (unpaired) electrons. The SMILES string of the molecule is CNC(=O)C(Cc1ccccc1)N(Cc1ccc(Br)cc1)C(=O)CN(c1ccccc1F)S(=O)(=O)c1ccc(C)cc1. The van der Waals surface area contributed by atoms with Gasteiger partial charge in [0.2, 0.25) is 11.8 Å². The lowest BCUT2D eigenvalue weighted by Crippen LogP contribution is -2.53. The third-order valence-corrected chi connectivity index (χ3v) is 9.10. The number of hydrogen-bond acceptors (Lipinski definition) is 4. The largest absolute Gasteiger partial charge is 0.357 e. The van der Waals surface area contributed by atoms with Crippen molar-refractivity contribution in [2.24, 2.45) is 0 Å². The van der Waals surface area contributed by atoms with E-state index >= 15 is 4.39 Å². The Kier molecular flexibility index (Phi) is 10.1. The molecule has 42 heavy (non-hydrogen) atoms. The fraction of sp³-hybridized carbons (Fsp3) is 0.188. The molecule has 0 aliphatic carbocycles. The van der Waals surface area contributed by atoms with Gasteiger partial charge >= 0.3 is 0 Å². The average Bonchev–Trinajstić information content (AvgIpc) is 2.99. The molecule has 0 saturated heterocycles. The monoisotopic (exact) mass is 651 g/mol. The predicted octanol–water partition coefficient (Wildman–Crippen LogP) is 5.48. The van der Waals surface area contributed by atoms with Gasteiger partial charge in [0, 0.05) is 24.5 Å². The Morgan fingerprint density at radius 1 is 0.857 bits per heavy atom. The number of rotatable bonds is 11. The Balaban J connectivity index is 1.79. The number of nitrogens with zero attached hydrogens (tertiary/aromatic N) is 2. The smallest absolute Gasteiger partial charge is 0.264 e. The van der Waals surface area contributed by atoms with Gasteiger partial charge in [-0.3, -0.25) is 13.9 Å². The van der Waals surface area contributed by atoms with E-state index in [9.17, 15) is 18.0 Å². The first-order chi connectivity index (χ1) is 20.1. The highest BCUT2D eigenvalue weighted by Gasteiger charge is 2.35. The van der Waals surface area contributed by atoms with E-state index < -0.39 is 40.2 Å². The number of hydrogen-bond donors (Lipinski definition) is 1. The molecular weight excluding hydrogens is 621 g/mol. The van der Waals surface area contributed by atoms with Gasteiger partial charge in [-0.25, -0.2) is 12.8 Å². The molecule has 1 unspecified atom stereocenters. The Labute approximate surface area is 254 Å². The molecule has 0 heterocycles. The van der Waals surface area contributed by atoms with Crippen LogP contribution in [0.3, 0.4) is 0 Å². The van der Waals surface area contributed by atoms with Crippen LogP contribution >= 0.6 is 15.9 Å². The summed E-state index contributed by atoms with van der Waals surface area (Å²) < 4.78 is 44.5. The number of likely N-dealkylation sites (N-methyl/N-ethyl adjacent to an activating group) is 1. The van der Waals surface area contributed by atoms with E-state index in [1.807, 2.05) is 61.5 Å². The van der Waals surface area contributed by atoms with Crippen LogP contribution in [0.4, 0.5) is 10.1 Å². The first kappa shape index (κ1) is 30.9. The summed E-state index contributed by atoms with van der Waals surface area (Å²) in [7, 11) is -2.89. The molecule has 1 atom stereocenters. The van der Waals surface area contributed by atoms with E-state index in [0.717, 1.165) is 31.5 Å². The summed E-state index contributed by atoms with van der Waals surface area (Å²) >= 11 is 3.41. The maximum atomic E-state index is 15.1. The second kappa shape index (κ2) is 13.8. The average molecular weight is 653 g/mol. The zero-order chi connectivity index (χ0) is 30.3. The molecule has 218 valence electrons. The summed E-state index contributed by atoms with van der Waals surface area (Å²) in [6.45, 7) is 1.11. The van der Waals surface area contributed by atoms with Gasteiger partial charge in [0.05, 0.1) is 10.6 Å². The number of aryl methyl sites for hydroxylation is 1. The van der Waals surface area contributed by atoms with Gasteiger partial charge in [0.1, 0.15) is 18.4 Å². The highest BCUT2D eigenvalue weighted by atomic mass is 79.9. The Morgan fingerprint density at radius 3 is 2.10 bits per heavy atom. The third-order valence-electron chi connectivity index (χ3n) is 6.79. The van der Waals surface area contributed by atoms with Crippen molar-refractivity contribution in [2.45, 2.75) is 30.8 Å². The standard InChI is InChI=1S/C32H31BrFN3O4S/c1-23-12-18-27(19-13-23)42(40,41)37(29-11-7-6-10-28(29)34)22-31(38)36(21-25-14-16-26(33)17-15-25)30(32(39)35-2)20-24-8-4-3-5-9-24/h3-19,30H,20-22H2,1-2H3,(H,35,39). The van der Waals surface area contributed by atoms with Crippen LogP contribution in [-0.4, -0.2) is 44.8 Å². The zero-order valence-corrected chi connectivity index (χ0v) is 25.6. The molecule has 0 spiro atoms. The summed E-state index contributed by atoms with van der Waals surface area (Å²) in [6, 6.07) is 27.0. The highest BCUT2D eigenvalue weighted by molar-refractivity contribution is 9.10. The van der Waals surface area contributed by atoms with E-state index in [1.165, 1.54) is 42.3 Å². The quantitative estimate of drug-likeness (QED) is 0.233. The zero-order valence-electron chi connectivity index (χ0n) is 23.2. The molecule has 4 rings (SSSR count). The first-order valence-corrected chi connectivity index (χ1v) is 15.5. The third kappa shape index (κ3) is 7.43. The Morgan fingerprint density at radius 2 is 1.48 bits per heavy atom. The van der Waals surface area contributed by atoms with E-state index in [1.54, 1.807) is 12.1 Å². The van der Waals surface area contributed by atoms with Crippen molar-refractivity contribution < 1.29 is 22.4 Å². The van der Waals surface area contributed by atoms with Gasteiger partial charge < -0.3 is 10.2 Å². The van der Waals surface area contributed by atoms with Crippen LogP contribution < -0.4 is 9.62 Å². The molecule has 4 aromatic carbocycles. The van der Waals surface area contributed by atoms with Gasteiger partial charge in [-0.05, 0) is 54.4 Å². The summed E-state index contributed by atoms with van der Waals surface area (Å²) in [4.78, 5) is 28.7. The lowest BCUT2D eigenvalue weighted by molar-refractivity contribution is -0.139. The molecule has 4 aromatic rings. The summed E-state index contributed by atoms with van der Waals surface area (Å²) in [5, 5.41) is 2.64. The summed E-state index contributed by atoms with van der Waals surface area (Å²) in [5.41, 5.74) is 2.12. The predicted molar refractivity (Wildman–Crippen MR) is 165 cm³/mol. The van der Waals surface area contributed by atoms with Crippen molar-refractivity contribution in [1.82, 2.24) is 10.2 Å². The molecule has 0 fully saturated rings. The minimum atomic E-state index is -4.37. The number of carbonyl (C=O) groups is 2. The number of nitrogens with one attached hydrogen (secondary N) is 1. The lowest BCUT2D eigenvalue weighted by Gasteiger charge is -2.33. The van der Waals surface area contributed by atoms with Gasteiger partial charge in [0.25, 0.3) is 10.0 Å². The summed E-state index contributed by atoms with van der Waals surface area (Å²) in [6.07, 6.45) is 0.188. The number of halogens is 2. The van der Waals surface area contributed by atoms with Crippen molar-refractivity contribution in [3.05, 3.63) is 130 Å². The fourth-order valence-electron chi connectivity index (χ4n) is 4.51. The second-order valence-corrected chi connectivity index (χ2v) is 12.5. The number of anilines is 1. The number of para-hydroxylation sites is 1. The maximum Gasteiger partial charge on any atom is 0.264 e. The van der Waals surface area contributed by atoms with Gasteiger partial charge in [-0.1, -0.05) is 88.2 Å². The van der Waals surface area contributed by atoms with E-state index in [-0.39, 0.29) is 23.5 Å². The van der Waals surface area contributed by atoms with Crippen LogP contribution in [-0.2, 0) is 32.6 Å². The number of benzene rings is 4. The van der Waals surface area contributed by atoms with Crippen molar-refractivity contribution >= 4 is 43.5 Å². The molecular formula is C32H31BrFN3O4S. The number of carbonyl (C=O) groups excluding carboxylic acids is 2. The van der Waals surface area contributed by atoms with Crippen molar-refractivity contribution in [2.75, 3.05) is 17.9 Å². The summed E-state index contributed by atoms with van der Waals surface area (Å²) in [5.74, 6) is -1.88. The van der Waals surface area contributed by atoms with Crippen LogP contribution in [0, 0.1) is 12.7 Å². The topological polar surface area (TPSA) is 86.8 Å². The van der Waals surface area contributed by atoms with Crippen molar-refractivity contribution in [3.63, 3.8) is 0 Å². The van der Waals surface area contributed by atoms with Crippen molar-refractivity contribution in [3.8, 4) is 0 Å². The lowest BCUT2D eigenvalue weighted by atomic mass is 10.0. The molecule has 10 heteroatoms. The fourth-order valence-corrected chi connectivity index (χ4v) is 6.20. The number of amides is 2. The molecule has 7 nitrogen and oxygen atoms in total. The molecule has 2 amide bonds. The molecule has 0 aromatic heterocycles. The highest BCUT2D eigenvalue weighted by Crippen LogP contribution is 2.27. The van der Waals surface area contributed by atoms with Crippen LogP contribution in [0.5, 0.6) is 0 Å². The Hall–Kier alpha value is -4.02. The number of sulfonamides is 1. The van der Waals surface area contributed by atoms with Crippen LogP contribution in [0.25, 0.3) is 0 Å². The van der Waals surface area contributed by atoms with Crippen LogP contribution in [0.15, 0.2) is 112 Å². The van der Waals surface area contributed by atoms with Gasteiger partial charge in [0.15, 0.2) is 0 Å². The second-order valence-electron chi connectivity index (χ2n) is 9.74. The normalized spacial score (nSPS) is 11.9. The van der Waals surface area contributed by atoms with E-state index in [4.69, 9.17) is 0 Å². The maximum absolute atomic E-state index is 15.1. The molecule has 0 saturated carbocycles. The van der Waals surface area contributed by atoms with Crippen molar-refractivity contribution in [1.29, 1.82) is 0 Å². The van der Waals surface area contributed by atoms with Gasteiger partial charge in [-0.15, -0.1) is 0 Å². The van der Waals surface area contributed by atoms with Gasteiger partial charge in [-0.2, -0.15) is 0 Å². The molecule has 1 N–H and O–H groups in total. The molecule has 0 bridgehead atoms. The van der Waals surface area contributed by atoms with E-state index in [0.29, 0.717) is 0 Å².